The molecule has 4 rings (SSSR count). The molecule has 1 aromatic carbocycles. The van der Waals surface area contributed by atoms with Crippen LogP contribution < -0.4 is 5.32 Å². The van der Waals surface area contributed by atoms with Crippen molar-refractivity contribution in [3.8, 4) is 0 Å². The van der Waals surface area contributed by atoms with Gasteiger partial charge in [-0.3, -0.25) is 9.59 Å². The lowest BCUT2D eigenvalue weighted by Gasteiger charge is -2.14. The van der Waals surface area contributed by atoms with Gasteiger partial charge in [-0.15, -0.1) is 11.3 Å². The van der Waals surface area contributed by atoms with Gasteiger partial charge in [0.1, 0.15) is 4.21 Å². The average molecular weight is 492 g/mol. The molecule has 3 aromatic rings. The number of rotatable bonds is 8. The first-order valence-corrected chi connectivity index (χ1v) is 12.8. The van der Waals surface area contributed by atoms with E-state index < -0.39 is 10.0 Å². The topological polar surface area (TPSA) is 88.5 Å². The Morgan fingerprint density at radius 1 is 1.22 bits per heavy atom. The summed E-state index contributed by atoms with van der Waals surface area (Å²) >= 11 is 6.92. The summed E-state index contributed by atoms with van der Waals surface area (Å²) in [6.07, 6.45) is 6.70. The number of hydrogen-bond acceptors (Lipinski definition) is 5. The number of para-hydroxylation sites is 1. The minimum Gasteiger partial charge on any atom is -0.352 e. The Kier molecular flexibility index (Phi) is 6.68. The Bertz CT molecular complexity index is 1290. The Balaban J connectivity index is 1.47. The largest absolute Gasteiger partial charge is 0.352 e. The number of amides is 2. The first kappa shape index (κ1) is 22.6. The predicted octanol–water partition coefficient (Wildman–Crippen LogP) is 3.74. The second-order valence-electron chi connectivity index (χ2n) is 7.42. The van der Waals surface area contributed by atoms with Gasteiger partial charge in [0, 0.05) is 49.3 Å². The lowest BCUT2D eigenvalue weighted by molar-refractivity contribution is -0.127. The molecule has 0 atom stereocenters. The van der Waals surface area contributed by atoms with Crippen molar-refractivity contribution in [2.24, 2.45) is 0 Å². The third-order valence-electron chi connectivity index (χ3n) is 5.26. The minimum atomic E-state index is -3.81. The van der Waals surface area contributed by atoms with E-state index in [0.29, 0.717) is 41.3 Å². The summed E-state index contributed by atoms with van der Waals surface area (Å²) in [6, 6.07) is 10.2. The highest BCUT2D eigenvalue weighted by molar-refractivity contribution is 7.92. The van der Waals surface area contributed by atoms with Crippen LogP contribution in [0.3, 0.4) is 0 Å². The van der Waals surface area contributed by atoms with Crippen LogP contribution in [0.2, 0.25) is 4.34 Å². The summed E-state index contributed by atoms with van der Waals surface area (Å²) in [5.74, 6) is -0.102. The molecule has 0 radical (unpaired) electrons. The van der Waals surface area contributed by atoms with E-state index in [-0.39, 0.29) is 16.0 Å². The summed E-state index contributed by atoms with van der Waals surface area (Å²) in [6.45, 7) is 1.89. The number of aromatic nitrogens is 1. The second-order valence-corrected chi connectivity index (χ2v) is 11.2. The number of fused-ring (bicyclic) bond motifs is 1. The normalized spacial score (nSPS) is 14.7. The molecular weight excluding hydrogens is 470 g/mol. The van der Waals surface area contributed by atoms with Gasteiger partial charge in [0.2, 0.25) is 11.8 Å². The van der Waals surface area contributed by atoms with Crippen LogP contribution >= 0.6 is 22.9 Å². The Hall–Kier alpha value is -2.62. The van der Waals surface area contributed by atoms with E-state index in [1.54, 1.807) is 24.3 Å². The lowest BCUT2D eigenvalue weighted by atomic mass is 10.1. The molecule has 32 heavy (non-hydrogen) atoms. The van der Waals surface area contributed by atoms with Crippen molar-refractivity contribution < 1.29 is 18.0 Å². The van der Waals surface area contributed by atoms with Gasteiger partial charge in [-0.25, -0.2) is 3.97 Å². The number of halogens is 1. The van der Waals surface area contributed by atoms with Crippen LogP contribution in [0.5, 0.6) is 0 Å². The quantitative estimate of drug-likeness (QED) is 0.384. The van der Waals surface area contributed by atoms with Gasteiger partial charge in [0.25, 0.3) is 10.0 Å². The number of hydrogen-bond donors (Lipinski definition) is 1. The number of nitrogens with one attached hydrogen (secondary N) is 1. The third-order valence-corrected chi connectivity index (χ3v) is 8.63. The van der Waals surface area contributed by atoms with Crippen molar-refractivity contribution in [3.05, 3.63) is 58.6 Å². The molecule has 10 heteroatoms. The maximum absolute atomic E-state index is 13.1. The molecule has 3 heterocycles. The monoisotopic (exact) mass is 491 g/mol. The summed E-state index contributed by atoms with van der Waals surface area (Å²) < 4.78 is 28.0. The van der Waals surface area contributed by atoms with E-state index >= 15 is 0 Å². The zero-order valence-corrected chi connectivity index (χ0v) is 19.5. The van der Waals surface area contributed by atoms with Crippen LogP contribution in [-0.2, 0) is 19.6 Å². The summed E-state index contributed by atoms with van der Waals surface area (Å²) in [7, 11) is -3.81. The molecule has 7 nitrogen and oxygen atoms in total. The fourth-order valence-corrected chi connectivity index (χ4v) is 6.64. The molecule has 0 bridgehead atoms. The van der Waals surface area contributed by atoms with Crippen LogP contribution in [0.1, 0.15) is 24.8 Å². The highest BCUT2D eigenvalue weighted by Crippen LogP contribution is 2.31. The first-order valence-electron chi connectivity index (χ1n) is 10.2. The molecular formula is C22H22ClN3O4S2. The van der Waals surface area contributed by atoms with Crippen molar-refractivity contribution in [3.63, 3.8) is 0 Å². The van der Waals surface area contributed by atoms with Crippen molar-refractivity contribution in [2.45, 2.75) is 23.5 Å². The van der Waals surface area contributed by atoms with E-state index in [1.807, 2.05) is 17.0 Å². The number of likely N-dealkylation sites (tertiary alicyclic amines) is 1. The molecule has 2 amide bonds. The second kappa shape index (κ2) is 9.48. The highest BCUT2D eigenvalue weighted by Gasteiger charge is 2.22. The maximum Gasteiger partial charge on any atom is 0.277 e. The van der Waals surface area contributed by atoms with E-state index in [1.165, 1.54) is 22.3 Å². The number of thiophene rings is 1. The molecule has 0 spiro atoms. The molecule has 2 aromatic heterocycles. The molecule has 0 saturated carbocycles. The molecule has 1 fully saturated rings. The molecule has 0 aliphatic carbocycles. The van der Waals surface area contributed by atoms with Crippen LogP contribution in [0.4, 0.5) is 0 Å². The highest BCUT2D eigenvalue weighted by atomic mass is 35.5. The fraction of sp³-hybridized carbons (Fsp3) is 0.273. The SMILES string of the molecule is O=C(/C=C/c1cn(S(=O)(=O)c2ccc(Cl)s2)c2ccccc12)NCCCN1CCCC1=O. The van der Waals surface area contributed by atoms with Gasteiger partial charge in [-0.05, 0) is 37.1 Å². The molecule has 1 saturated heterocycles. The van der Waals surface area contributed by atoms with Gasteiger partial charge < -0.3 is 10.2 Å². The lowest BCUT2D eigenvalue weighted by Crippen LogP contribution is -2.29. The maximum atomic E-state index is 13.1. The van der Waals surface area contributed by atoms with Crippen LogP contribution in [0, 0.1) is 0 Å². The summed E-state index contributed by atoms with van der Waals surface area (Å²) in [5.41, 5.74) is 1.14. The van der Waals surface area contributed by atoms with E-state index in [4.69, 9.17) is 11.6 Å². The number of carbonyl (C=O) groups is 2. The minimum absolute atomic E-state index is 0.146. The molecule has 168 valence electrons. The van der Waals surface area contributed by atoms with E-state index in [2.05, 4.69) is 5.32 Å². The third kappa shape index (κ3) is 4.74. The van der Waals surface area contributed by atoms with Gasteiger partial charge in [-0.2, -0.15) is 8.42 Å². The van der Waals surface area contributed by atoms with Crippen LogP contribution in [0.25, 0.3) is 17.0 Å². The van der Waals surface area contributed by atoms with Crippen LogP contribution in [-0.4, -0.2) is 48.7 Å². The zero-order valence-electron chi connectivity index (χ0n) is 17.2. The molecule has 0 unspecified atom stereocenters. The summed E-state index contributed by atoms with van der Waals surface area (Å²) in [5, 5.41) is 3.52. The van der Waals surface area contributed by atoms with Crippen LogP contribution in [0.15, 0.2) is 52.9 Å². The number of benzene rings is 1. The number of nitrogens with zero attached hydrogens (tertiary/aromatic N) is 2. The average Bonchev–Trinajstić information content (AvgIpc) is 3.49. The van der Waals surface area contributed by atoms with Crippen molar-refractivity contribution in [2.75, 3.05) is 19.6 Å². The van der Waals surface area contributed by atoms with E-state index in [0.717, 1.165) is 29.7 Å². The first-order chi connectivity index (χ1) is 15.4. The van der Waals surface area contributed by atoms with Gasteiger partial charge >= 0.3 is 0 Å². The van der Waals surface area contributed by atoms with Crippen molar-refractivity contribution in [1.29, 1.82) is 0 Å². The number of carbonyl (C=O) groups excluding carboxylic acids is 2. The Morgan fingerprint density at radius 2 is 2.03 bits per heavy atom. The Labute approximate surface area is 195 Å². The fourth-order valence-electron chi connectivity index (χ4n) is 3.69. The molecule has 1 N–H and O–H groups in total. The Morgan fingerprint density at radius 3 is 2.75 bits per heavy atom. The van der Waals surface area contributed by atoms with Crippen molar-refractivity contribution in [1.82, 2.24) is 14.2 Å². The smallest absolute Gasteiger partial charge is 0.277 e. The van der Waals surface area contributed by atoms with Gasteiger partial charge in [0.15, 0.2) is 0 Å². The molecule has 1 aliphatic heterocycles. The van der Waals surface area contributed by atoms with Gasteiger partial charge in [-0.1, -0.05) is 29.8 Å². The zero-order chi connectivity index (χ0) is 22.7. The molecule has 1 aliphatic rings. The summed E-state index contributed by atoms with van der Waals surface area (Å²) in [4.78, 5) is 25.7. The standard InChI is InChI=1S/C22H22ClN3O4S2/c23-19-9-11-22(31-19)32(29,30)26-15-16(17-5-1-2-6-18(17)26)8-10-20(27)24-12-4-14-25-13-3-7-21(25)28/h1-2,5-6,8-11,15H,3-4,7,12-14H2,(H,24,27)/b10-8+. The van der Waals surface area contributed by atoms with Gasteiger partial charge in [0.05, 0.1) is 9.85 Å². The predicted molar refractivity (Wildman–Crippen MR) is 126 cm³/mol. The van der Waals surface area contributed by atoms with Crippen molar-refractivity contribution >= 4 is 61.8 Å². The van der Waals surface area contributed by atoms with E-state index in [9.17, 15) is 18.0 Å².